The van der Waals surface area contributed by atoms with E-state index in [1.54, 1.807) is 0 Å². The highest BCUT2D eigenvalue weighted by Gasteiger charge is 2.26. The largest absolute Gasteiger partial charge is 0.398 e. The molecule has 0 saturated heterocycles. The third-order valence-corrected chi connectivity index (χ3v) is 4.51. The molecule has 1 aliphatic rings. The highest BCUT2D eigenvalue weighted by atomic mass is 35.5. The van der Waals surface area contributed by atoms with E-state index in [9.17, 15) is 0 Å². The lowest BCUT2D eigenvalue weighted by Gasteiger charge is -2.29. The number of nitrogens with zero attached hydrogens (tertiary/aromatic N) is 2. The zero-order valence-electron chi connectivity index (χ0n) is 12.2. The molecule has 4 heteroatoms. The number of likely N-dealkylation sites (N-methyl/N-ethyl adjacent to an activating group) is 1. The molecule has 21 heavy (non-hydrogen) atoms. The lowest BCUT2D eigenvalue weighted by Crippen LogP contribution is -2.26. The first-order chi connectivity index (χ1) is 10.1. The molecule has 1 atom stereocenters. The molecule has 2 N–H and O–H groups in total. The number of benzene rings is 1. The summed E-state index contributed by atoms with van der Waals surface area (Å²) in [6.45, 7) is 2.85. The fraction of sp³-hybridized carbons (Fsp3) is 0.235. The number of hydrogen-bond acceptors (Lipinski definition) is 3. The Morgan fingerprint density at radius 1 is 1.29 bits per heavy atom. The van der Waals surface area contributed by atoms with Crippen molar-refractivity contribution in [2.24, 2.45) is 5.73 Å². The molecule has 0 spiro atoms. The van der Waals surface area contributed by atoms with Crippen molar-refractivity contribution < 1.29 is 0 Å². The molecule has 3 nitrogen and oxygen atoms in total. The van der Waals surface area contributed by atoms with E-state index in [2.05, 4.69) is 29.9 Å². The Kier molecular flexibility index (Phi) is 3.70. The molecule has 1 aliphatic heterocycles. The highest BCUT2D eigenvalue weighted by molar-refractivity contribution is 6.31. The maximum atomic E-state index is 6.31. The molecule has 0 aliphatic carbocycles. The number of pyridine rings is 1. The number of hydrogen-bond donors (Lipinski definition) is 1. The van der Waals surface area contributed by atoms with Gasteiger partial charge in [-0.15, -0.1) is 0 Å². The minimum absolute atomic E-state index is 0.124. The van der Waals surface area contributed by atoms with E-state index in [0.717, 1.165) is 28.4 Å². The van der Waals surface area contributed by atoms with Crippen molar-refractivity contribution in [1.29, 1.82) is 0 Å². The first kappa shape index (κ1) is 14.1. The van der Waals surface area contributed by atoms with Gasteiger partial charge in [0.2, 0.25) is 0 Å². The van der Waals surface area contributed by atoms with E-state index in [4.69, 9.17) is 17.3 Å². The fourth-order valence-corrected chi connectivity index (χ4v) is 3.09. The van der Waals surface area contributed by atoms with E-state index in [0.29, 0.717) is 0 Å². The summed E-state index contributed by atoms with van der Waals surface area (Å²) in [6.07, 6.45) is 5.70. The lowest BCUT2D eigenvalue weighted by molar-refractivity contribution is 0.310. The normalized spacial score (nSPS) is 18.8. The Bertz CT molecular complexity index is 709. The molecule has 0 amide bonds. The van der Waals surface area contributed by atoms with Gasteiger partial charge >= 0.3 is 0 Å². The van der Waals surface area contributed by atoms with Gasteiger partial charge in [-0.25, -0.2) is 0 Å². The molecule has 3 rings (SSSR count). The van der Waals surface area contributed by atoms with Crippen LogP contribution >= 0.6 is 11.6 Å². The van der Waals surface area contributed by atoms with E-state index < -0.39 is 0 Å². The van der Waals surface area contributed by atoms with Crippen LogP contribution in [0.2, 0.25) is 5.02 Å². The van der Waals surface area contributed by atoms with Gasteiger partial charge in [-0.2, -0.15) is 0 Å². The molecule has 0 bridgehead atoms. The molecule has 1 aromatic heterocycles. The standard InChI is InChI=1S/C17H18ClN3/c1-11-12(4-3-5-15(11)18)17-13-6-8-20-10-14(13)16(19)7-9-21(17)2/h3-8,10,17H,9,19H2,1-2H3. The zero-order chi connectivity index (χ0) is 15.0. The molecule has 2 aromatic rings. The Morgan fingerprint density at radius 3 is 2.90 bits per heavy atom. The molecule has 0 fully saturated rings. The van der Waals surface area contributed by atoms with E-state index in [1.807, 2.05) is 36.7 Å². The minimum Gasteiger partial charge on any atom is -0.398 e. The smallest absolute Gasteiger partial charge is 0.0612 e. The van der Waals surface area contributed by atoms with Crippen LogP contribution in [0.15, 0.2) is 42.7 Å². The average molecular weight is 300 g/mol. The number of fused-ring (bicyclic) bond motifs is 1. The van der Waals surface area contributed by atoms with Crippen molar-refractivity contribution in [3.63, 3.8) is 0 Å². The third kappa shape index (κ3) is 2.43. The summed E-state index contributed by atoms with van der Waals surface area (Å²) in [6, 6.07) is 8.23. The molecule has 108 valence electrons. The van der Waals surface area contributed by atoms with Crippen LogP contribution in [-0.2, 0) is 0 Å². The van der Waals surface area contributed by atoms with Crippen molar-refractivity contribution in [2.75, 3.05) is 13.6 Å². The molecule has 0 saturated carbocycles. The van der Waals surface area contributed by atoms with Gasteiger partial charge in [0.15, 0.2) is 0 Å². The second-order valence-corrected chi connectivity index (χ2v) is 5.83. The van der Waals surface area contributed by atoms with E-state index in [1.165, 1.54) is 11.1 Å². The SMILES string of the molecule is Cc1c(Cl)cccc1C1c2ccncc2C(N)=CCN1C. The average Bonchev–Trinajstić information content (AvgIpc) is 2.61. The number of nitrogens with two attached hydrogens (primary N) is 1. The fourth-order valence-electron chi connectivity index (χ4n) is 2.91. The zero-order valence-corrected chi connectivity index (χ0v) is 12.9. The number of halogens is 1. The molecular weight excluding hydrogens is 282 g/mol. The van der Waals surface area contributed by atoms with Crippen LogP contribution in [-0.4, -0.2) is 23.5 Å². The second kappa shape index (κ2) is 5.51. The molecule has 0 radical (unpaired) electrons. The van der Waals surface area contributed by atoms with Crippen molar-refractivity contribution in [2.45, 2.75) is 13.0 Å². The van der Waals surface area contributed by atoms with Gasteiger partial charge < -0.3 is 5.73 Å². The van der Waals surface area contributed by atoms with Crippen LogP contribution in [0.5, 0.6) is 0 Å². The monoisotopic (exact) mass is 299 g/mol. The Labute approximate surface area is 130 Å². The van der Waals surface area contributed by atoms with Gasteiger partial charge in [0.05, 0.1) is 6.04 Å². The summed E-state index contributed by atoms with van der Waals surface area (Å²) in [5.41, 5.74) is 11.5. The summed E-state index contributed by atoms with van der Waals surface area (Å²) in [5, 5.41) is 0.793. The lowest BCUT2D eigenvalue weighted by atomic mass is 9.92. The second-order valence-electron chi connectivity index (χ2n) is 5.42. The van der Waals surface area contributed by atoms with E-state index in [-0.39, 0.29) is 6.04 Å². The van der Waals surface area contributed by atoms with Crippen LogP contribution in [0.4, 0.5) is 0 Å². The molecule has 2 heterocycles. The van der Waals surface area contributed by atoms with Crippen LogP contribution in [0.3, 0.4) is 0 Å². The Hall–Kier alpha value is -1.84. The Morgan fingerprint density at radius 2 is 2.10 bits per heavy atom. The maximum Gasteiger partial charge on any atom is 0.0612 e. The quantitative estimate of drug-likeness (QED) is 0.878. The van der Waals surface area contributed by atoms with Gasteiger partial charge in [-0.1, -0.05) is 23.7 Å². The molecule has 1 unspecified atom stereocenters. The van der Waals surface area contributed by atoms with Crippen molar-refractivity contribution >= 4 is 17.3 Å². The predicted octanol–water partition coefficient (Wildman–Crippen LogP) is 3.38. The van der Waals surface area contributed by atoms with Gasteiger partial charge in [-0.05, 0) is 48.9 Å². The first-order valence-electron chi connectivity index (χ1n) is 6.94. The van der Waals surface area contributed by atoms with Crippen molar-refractivity contribution in [3.05, 3.63) is 70.0 Å². The minimum atomic E-state index is 0.124. The topological polar surface area (TPSA) is 42.1 Å². The summed E-state index contributed by atoms with van der Waals surface area (Å²) in [7, 11) is 2.10. The molecule has 1 aromatic carbocycles. The summed E-state index contributed by atoms with van der Waals surface area (Å²) in [4.78, 5) is 6.49. The van der Waals surface area contributed by atoms with Crippen molar-refractivity contribution in [1.82, 2.24) is 9.88 Å². The van der Waals surface area contributed by atoms with Gasteiger partial charge in [0, 0.05) is 35.2 Å². The van der Waals surface area contributed by atoms with Crippen molar-refractivity contribution in [3.8, 4) is 0 Å². The first-order valence-corrected chi connectivity index (χ1v) is 7.32. The van der Waals surface area contributed by atoms with Crippen LogP contribution in [0.25, 0.3) is 5.70 Å². The van der Waals surface area contributed by atoms with Crippen LogP contribution < -0.4 is 5.73 Å². The Balaban J connectivity index is 2.22. The third-order valence-electron chi connectivity index (χ3n) is 4.10. The van der Waals surface area contributed by atoms with Crippen LogP contribution in [0.1, 0.15) is 28.3 Å². The van der Waals surface area contributed by atoms with Gasteiger partial charge in [-0.3, -0.25) is 9.88 Å². The van der Waals surface area contributed by atoms with E-state index >= 15 is 0 Å². The summed E-state index contributed by atoms with van der Waals surface area (Å²) < 4.78 is 0. The van der Waals surface area contributed by atoms with Gasteiger partial charge in [0.25, 0.3) is 0 Å². The maximum absolute atomic E-state index is 6.31. The summed E-state index contributed by atoms with van der Waals surface area (Å²) in [5.74, 6) is 0. The van der Waals surface area contributed by atoms with Crippen LogP contribution in [0, 0.1) is 6.92 Å². The van der Waals surface area contributed by atoms with Gasteiger partial charge in [0.1, 0.15) is 0 Å². The summed E-state index contributed by atoms with van der Waals surface area (Å²) >= 11 is 6.31. The predicted molar refractivity (Wildman–Crippen MR) is 87.1 cm³/mol. The highest BCUT2D eigenvalue weighted by Crippen LogP contribution is 2.36. The number of aromatic nitrogens is 1. The molecular formula is C17H18ClN3. The number of rotatable bonds is 1.